The smallest absolute Gasteiger partial charge is 0.313 e. The first kappa shape index (κ1) is 8.80. The number of carbonyl (C=O) groups is 1. The van der Waals surface area contributed by atoms with E-state index in [4.69, 9.17) is 10.8 Å². The maximum Gasteiger partial charge on any atom is 0.313 e. The number of nitrogens with two attached hydrogens (primary N) is 1. The van der Waals surface area contributed by atoms with Crippen molar-refractivity contribution in [2.45, 2.75) is 12.5 Å². The first-order valence-electron chi connectivity index (χ1n) is 3.55. The lowest BCUT2D eigenvalue weighted by Gasteiger charge is -2.27. The maximum absolute atomic E-state index is 10.6. The van der Waals surface area contributed by atoms with Crippen LogP contribution in [0.15, 0.2) is 23.9 Å². The van der Waals surface area contributed by atoms with E-state index in [9.17, 15) is 9.90 Å². The molecule has 1 aliphatic carbocycles. The number of aliphatic carboxylic acids is 1. The van der Waals surface area contributed by atoms with E-state index >= 15 is 0 Å². The number of rotatable bonds is 1. The summed E-state index contributed by atoms with van der Waals surface area (Å²) in [6.07, 6.45) is 4.23. The van der Waals surface area contributed by atoms with Gasteiger partial charge in [0.1, 0.15) is 5.92 Å². The van der Waals surface area contributed by atoms with Crippen LogP contribution in [0.3, 0.4) is 0 Å². The van der Waals surface area contributed by atoms with E-state index in [1.165, 1.54) is 25.2 Å². The van der Waals surface area contributed by atoms with E-state index < -0.39 is 17.5 Å². The minimum absolute atomic E-state index is 0.369. The molecule has 0 aliphatic heterocycles. The van der Waals surface area contributed by atoms with Crippen LogP contribution in [0.4, 0.5) is 0 Å². The van der Waals surface area contributed by atoms with Gasteiger partial charge < -0.3 is 15.9 Å². The largest absolute Gasteiger partial charge is 0.481 e. The highest BCUT2D eigenvalue weighted by molar-refractivity contribution is 5.75. The fourth-order valence-electron chi connectivity index (χ4n) is 1.11. The Bertz CT molecular complexity index is 265. The maximum atomic E-state index is 10.6. The third-order valence-electron chi connectivity index (χ3n) is 1.87. The molecular formula is C8H11NO3. The van der Waals surface area contributed by atoms with Gasteiger partial charge in [0.25, 0.3) is 0 Å². The standard InChI is InChI=1S/C8H11NO3/c1-8(12)3-2-5(9)4-6(8)7(10)11/h2-4,6,12H,9H2,1H3,(H,10,11)/t6?,8-/m0/s1. The molecule has 0 saturated carbocycles. The number of hydrogen-bond donors (Lipinski definition) is 3. The Balaban J connectivity index is 2.98. The Kier molecular flexibility index (Phi) is 1.94. The van der Waals surface area contributed by atoms with Crippen molar-refractivity contribution in [3.8, 4) is 0 Å². The first-order chi connectivity index (χ1) is 5.43. The summed E-state index contributed by atoms with van der Waals surface area (Å²) in [6, 6.07) is 0. The van der Waals surface area contributed by atoms with Gasteiger partial charge in [-0.15, -0.1) is 0 Å². The molecule has 2 atom stereocenters. The molecule has 0 heterocycles. The van der Waals surface area contributed by atoms with Crippen molar-refractivity contribution in [3.63, 3.8) is 0 Å². The fraction of sp³-hybridized carbons (Fsp3) is 0.375. The highest BCUT2D eigenvalue weighted by atomic mass is 16.4. The normalized spacial score (nSPS) is 34.5. The van der Waals surface area contributed by atoms with Crippen LogP contribution in [0, 0.1) is 5.92 Å². The van der Waals surface area contributed by atoms with Crippen LogP contribution in [-0.2, 0) is 4.79 Å². The van der Waals surface area contributed by atoms with Gasteiger partial charge in [0.15, 0.2) is 0 Å². The summed E-state index contributed by atoms with van der Waals surface area (Å²) in [5.74, 6) is -2.03. The van der Waals surface area contributed by atoms with Gasteiger partial charge in [0, 0.05) is 5.70 Å². The molecule has 0 bridgehead atoms. The van der Waals surface area contributed by atoms with Crippen LogP contribution < -0.4 is 5.73 Å². The molecule has 1 unspecified atom stereocenters. The number of aliphatic hydroxyl groups is 1. The van der Waals surface area contributed by atoms with Crippen LogP contribution in [0.1, 0.15) is 6.92 Å². The summed E-state index contributed by atoms with van der Waals surface area (Å²) in [7, 11) is 0. The summed E-state index contributed by atoms with van der Waals surface area (Å²) < 4.78 is 0. The molecular weight excluding hydrogens is 158 g/mol. The second kappa shape index (κ2) is 2.64. The van der Waals surface area contributed by atoms with Crippen molar-refractivity contribution < 1.29 is 15.0 Å². The lowest BCUT2D eigenvalue weighted by molar-refractivity contribution is -0.145. The Morgan fingerprint density at radius 3 is 2.75 bits per heavy atom. The molecule has 0 radical (unpaired) electrons. The molecule has 0 amide bonds. The fourth-order valence-corrected chi connectivity index (χ4v) is 1.11. The van der Waals surface area contributed by atoms with Gasteiger partial charge in [-0.1, -0.05) is 6.08 Å². The molecule has 0 aromatic rings. The summed E-state index contributed by atoms with van der Waals surface area (Å²) in [4.78, 5) is 10.6. The van der Waals surface area contributed by atoms with Gasteiger partial charge in [-0.25, -0.2) is 0 Å². The number of hydrogen-bond acceptors (Lipinski definition) is 3. The third kappa shape index (κ3) is 1.48. The van der Waals surface area contributed by atoms with Crippen molar-refractivity contribution in [1.82, 2.24) is 0 Å². The van der Waals surface area contributed by atoms with Crippen molar-refractivity contribution >= 4 is 5.97 Å². The zero-order chi connectivity index (χ0) is 9.35. The monoisotopic (exact) mass is 169 g/mol. The van der Waals surface area contributed by atoms with Crippen molar-refractivity contribution in [2.24, 2.45) is 11.7 Å². The van der Waals surface area contributed by atoms with Crippen LogP contribution in [-0.4, -0.2) is 21.8 Å². The SMILES string of the molecule is C[C@]1(O)C=CC(N)=CC1C(=O)O. The van der Waals surface area contributed by atoms with Gasteiger partial charge in [0.2, 0.25) is 0 Å². The van der Waals surface area contributed by atoms with Crippen LogP contribution in [0.2, 0.25) is 0 Å². The molecule has 4 N–H and O–H groups in total. The van der Waals surface area contributed by atoms with Crippen molar-refractivity contribution in [3.05, 3.63) is 23.9 Å². The minimum Gasteiger partial charge on any atom is -0.481 e. The Labute approximate surface area is 70.0 Å². The van der Waals surface area contributed by atoms with E-state index in [0.717, 1.165) is 0 Å². The van der Waals surface area contributed by atoms with Crippen molar-refractivity contribution in [1.29, 1.82) is 0 Å². The number of carboxylic acids is 1. The summed E-state index contributed by atoms with van der Waals surface area (Å²) >= 11 is 0. The second-order valence-electron chi connectivity index (χ2n) is 3.04. The predicted octanol–water partition coefficient (Wildman–Crippen LogP) is -0.149. The average Bonchev–Trinajstić information content (AvgIpc) is 1.94. The van der Waals surface area contributed by atoms with E-state index in [2.05, 4.69) is 0 Å². The summed E-state index contributed by atoms with van der Waals surface area (Å²) in [6.45, 7) is 1.44. The van der Waals surface area contributed by atoms with E-state index in [0.29, 0.717) is 5.70 Å². The zero-order valence-corrected chi connectivity index (χ0v) is 6.69. The number of carboxylic acid groups (broad SMARTS) is 1. The predicted molar refractivity (Wildman–Crippen MR) is 43.2 cm³/mol. The molecule has 66 valence electrons. The van der Waals surface area contributed by atoms with E-state index in [1.807, 2.05) is 0 Å². The Morgan fingerprint density at radius 2 is 2.33 bits per heavy atom. The topological polar surface area (TPSA) is 83.5 Å². The summed E-state index contributed by atoms with van der Waals surface area (Å²) in [5, 5.41) is 18.3. The van der Waals surface area contributed by atoms with Crippen LogP contribution in [0.5, 0.6) is 0 Å². The Hall–Kier alpha value is -1.29. The van der Waals surface area contributed by atoms with Gasteiger partial charge in [-0.3, -0.25) is 4.79 Å². The molecule has 12 heavy (non-hydrogen) atoms. The second-order valence-corrected chi connectivity index (χ2v) is 3.04. The molecule has 0 saturated heterocycles. The van der Waals surface area contributed by atoms with Gasteiger partial charge in [0.05, 0.1) is 5.60 Å². The minimum atomic E-state index is -1.34. The van der Waals surface area contributed by atoms with E-state index in [1.54, 1.807) is 0 Å². The lowest BCUT2D eigenvalue weighted by Crippen LogP contribution is -2.38. The lowest BCUT2D eigenvalue weighted by atomic mass is 9.85. The highest BCUT2D eigenvalue weighted by Crippen LogP contribution is 2.25. The molecule has 4 nitrogen and oxygen atoms in total. The highest BCUT2D eigenvalue weighted by Gasteiger charge is 2.35. The summed E-state index contributed by atoms with van der Waals surface area (Å²) in [5.41, 5.74) is 4.41. The first-order valence-corrected chi connectivity index (χ1v) is 3.55. The van der Waals surface area contributed by atoms with Gasteiger partial charge >= 0.3 is 5.97 Å². The van der Waals surface area contributed by atoms with Crippen LogP contribution >= 0.6 is 0 Å². The molecule has 0 aromatic heterocycles. The van der Waals surface area contributed by atoms with Gasteiger partial charge in [-0.2, -0.15) is 0 Å². The molecule has 0 spiro atoms. The van der Waals surface area contributed by atoms with Crippen molar-refractivity contribution in [2.75, 3.05) is 0 Å². The average molecular weight is 169 g/mol. The molecule has 1 rings (SSSR count). The quantitative estimate of drug-likeness (QED) is 0.509. The molecule has 4 heteroatoms. The Morgan fingerprint density at radius 1 is 1.75 bits per heavy atom. The molecule has 0 fully saturated rings. The molecule has 0 aromatic carbocycles. The third-order valence-corrected chi connectivity index (χ3v) is 1.87. The van der Waals surface area contributed by atoms with Crippen LogP contribution in [0.25, 0.3) is 0 Å². The zero-order valence-electron chi connectivity index (χ0n) is 6.69. The van der Waals surface area contributed by atoms with E-state index in [-0.39, 0.29) is 0 Å². The number of allylic oxidation sites excluding steroid dienone is 1. The molecule has 1 aliphatic rings. The van der Waals surface area contributed by atoms with Gasteiger partial charge in [-0.05, 0) is 19.1 Å².